The monoisotopic (exact) mass is 466 g/mol. The summed E-state index contributed by atoms with van der Waals surface area (Å²) in [6.45, 7) is 14.5. The smallest absolute Gasteiger partial charge is 0.255 e. The first-order valence-corrected chi connectivity index (χ1v) is 11.7. The molecule has 5 nitrogen and oxygen atoms in total. The third-order valence-corrected chi connectivity index (χ3v) is 6.88. The Morgan fingerprint density at radius 1 is 1.16 bits per heavy atom. The van der Waals surface area contributed by atoms with Crippen LogP contribution < -0.4 is 0 Å². The van der Waals surface area contributed by atoms with E-state index in [1.54, 1.807) is 46.9 Å². The molecule has 0 bridgehead atoms. The number of aryl methyl sites for hydroxylation is 2. The standard InChI is InChI=1S/C15H21N3OS.C8H8F3N/c1-6-11(3)14-13(20(17,19)7-2)8-12(9-18-14)15(4,5)10-16;1-5-3-7(8(9,10)11)12-4-6(5)2/h8-9,17H,3,6-7H2,1-2,4-5H3;3-4H,1-2H3. The van der Waals surface area contributed by atoms with Crippen LogP contribution in [0.3, 0.4) is 0 Å². The molecule has 1 unspecified atom stereocenters. The first-order valence-electron chi connectivity index (χ1n) is 9.97. The highest BCUT2D eigenvalue weighted by molar-refractivity contribution is 7.92. The molecule has 0 aromatic carbocycles. The van der Waals surface area contributed by atoms with Crippen LogP contribution in [0.15, 0.2) is 36.0 Å². The van der Waals surface area contributed by atoms with Crippen molar-refractivity contribution in [1.29, 1.82) is 10.0 Å². The van der Waals surface area contributed by atoms with Crippen molar-refractivity contribution in [3.63, 3.8) is 0 Å². The van der Waals surface area contributed by atoms with Crippen molar-refractivity contribution in [1.82, 2.24) is 9.97 Å². The zero-order valence-corrected chi connectivity index (χ0v) is 20.0. The second-order valence-electron chi connectivity index (χ2n) is 7.88. The summed E-state index contributed by atoms with van der Waals surface area (Å²) in [4.78, 5) is 8.01. The summed E-state index contributed by atoms with van der Waals surface area (Å²) in [5, 5.41) is 9.21. The summed E-state index contributed by atoms with van der Waals surface area (Å²) in [5.41, 5.74) is 1.79. The lowest BCUT2D eigenvalue weighted by Gasteiger charge is -2.19. The van der Waals surface area contributed by atoms with Gasteiger partial charge in [0.15, 0.2) is 0 Å². The normalized spacial score (nSPS) is 13.4. The van der Waals surface area contributed by atoms with Gasteiger partial charge < -0.3 is 0 Å². The molecule has 0 aliphatic rings. The Morgan fingerprint density at radius 2 is 1.75 bits per heavy atom. The molecule has 2 heterocycles. The Morgan fingerprint density at radius 3 is 2.19 bits per heavy atom. The maximum atomic E-state index is 12.5. The van der Waals surface area contributed by atoms with Gasteiger partial charge in [-0.25, -0.2) is 8.99 Å². The molecule has 0 radical (unpaired) electrons. The van der Waals surface area contributed by atoms with Gasteiger partial charge in [-0.1, -0.05) is 20.4 Å². The molecule has 2 aromatic heterocycles. The van der Waals surface area contributed by atoms with Crippen LogP contribution in [-0.2, 0) is 21.3 Å². The second kappa shape index (κ2) is 10.3. The fraction of sp³-hybridized carbons (Fsp3) is 0.435. The summed E-state index contributed by atoms with van der Waals surface area (Å²) in [5.74, 6) is 0.217. The Balaban J connectivity index is 0.000000363. The predicted molar refractivity (Wildman–Crippen MR) is 121 cm³/mol. The maximum absolute atomic E-state index is 12.5. The van der Waals surface area contributed by atoms with Crippen LogP contribution in [0.2, 0.25) is 0 Å². The van der Waals surface area contributed by atoms with Crippen molar-refractivity contribution in [2.24, 2.45) is 0 Å². The highest BCUT2D eigenvalue weighted by atomic mass is 32.2. The number of allylic oxidation sites excluding steroid dienone is 1. The Hall–Kier alpha value is -2.73. The zero-order chi connectivity index (χ0) is 24.9. The average Bonchev–Trinajstić information content (AvgIpc) is 2.74. The zero-order valence-electron chi connectivity index (χ0n) is 19.2. The lowest BCUT2D eigenvalue weighted by molar-refractivity contribution is -0.141. The number of hydrogen-bond donors (Lipinski definition) is 1. The van der Waals surface area contributed by atoms with E-state index >= 15 is 0 Å². The van der Waals surface area contributed by atoms with Crippen molar-refractivity contribution in [2.45, 2.75) is 64.5 Å². The van der Waals surface area contributed by atoms with Crippen LogP contribution in [0.4, 0.5) is 13.2 Å². The predicted octanol–water partition coefficient (Wildman–Crippen LogP) is 6.45. The van der Waals surface area contributed by atoms with E-state index in [-0.39, 0.29) is 5.75 Å². The molecule has 174 valence electrons. The third-order valence-electron chi connectivity index (χ3n) is 5.04. The lowest BCUT2D eigenvalue weighted by atomic mass is 9.87. The fourth-order valence-corrected chi connectivity index (χ4v) is 3.61. The van der Waals surface area contributed by atoms with Gasteiger partial charge >= 0.3 is 6.18 Å². The summed E-state index contributed by atoms with van der Waals surface area (Å²) < 4.78 is 56.6. The first kappa shape index (κ1) is 27.3. The van der Waals surface area contributed by atoms with E-state index in [2.05, 4.69) is 22.6 Å². The minimum Gasteiger partial charge on any atom is -0.255 e. The van der Waals surface area contributed by atoms with Gasteiger partial charge in [-0.15, -0.1) is 0 Å². The number of alkyl halides is 3. The van der Waals surface area contributed by atoms with Gasteiger partial charge in [-0.3, -0.25) is 9.97 Å². The van der Waals surface area contributed by atoms with Crippen molar-refractivity contribution in [3.8, 4) is 6.07 Å². The molecular formula is C23H29F3N4OS. The van der Waals surface area contributed by atoms with Crippen LogP contribution in [0.1, 0.15) is 62.2 Å². The van der Waals surface area contributed by atoms with E-state index in [0.717, 1.165) is 17.2 Å². The second-order valence-corrected chi connectivity index (χ2v) is 10.2. The highest BCUT2D eigenvalue weighted by Gasteiger charge is 2.32. The quantitative estimate of drug-likeness (QED) is 0.548. The van der Waals surface area contributed by atoms with Crippen molar-refractivity contribution in [3.05, 3.63) is 59.2 Å². The molecule has 1 atom stereocenters. The number of nitriles is 1. The third kappa shape index (κ3) is 6.63. The number of nitrogens with zero attached hydrogens (tertiary/aromatic N) is 3. The lowest BCUT2D eigenvalue weighted by Crippen LogP contribution is -2.17. The van der Waals surface area contributed by atoms with Gasteiger partial charge in [0.2, 0.25) is 0 Å². The summed E-state index contributed by atoms with van der Waals surface area (Å²) in [6, 6.07) is 4.94. The van der Waals surface area contributed by atoms with Crippen molar-refractivity contribution in [2.75, 3.05) is 5.75 Å². The average molecular weight is 467 g/mol. The van der Waals surface area contributed by atoms with Crippen LogP contribution in [0.5, 0.6) is 0 Å². The Kier molecular flexibility index (Phi) is 8.75. The van der Waals surface area contributed by atoms with Gasteiger partial charge in [0.1, 0.15) is 5.69 Å². The molecule has 1 N–H and O–H groups in total. The number of nitrogens with one attached hydrogen (secondary N) is 1. The van der Waals surface area contributed by atoms with Gasteiger partial charge in [0, 0.05) is 18.1 Å². The summed E-state index contributed by atoms with van der Waals surface area (Å²) >= 11 is 0. The SMILES string of the molecule is C=C(CC)c1ncc(C(C)(C)C#N)cc1S(=N)(=O)CC.Cc1cnc(C(F)(F)F)cc1C. The highest BCUT2D eigenvalue weighted by Crippen LogP contribution is 2.30. The number of halogens is 3. The molecule has 9 heteroatoms. The minimum atomic E-state index is -4.33. The Bertz CT molecular complexity index is 1130. The van der Waals surface area contributed by atoms with E-state index in [1.165, 1.54) is 6.20 Å². The summed E-state index contributed by atoms with van der Waals surface area (Å²) in [6.07, 6.45) is -0.801. The molecule has 2 aromatic rings. The number of pyridine rings is 2. The molecule has 2 rings (SSSR count). The molecule has 0 aliphatic carbocycles. The largest absolute Gasteiger partial charge is 0.433 e. The van der Waals surface area contributed by atoms with Crippen molar-refractivity contribution >= 4 is 15.3 Å². The number of aromatic nitrogens is 2. The van der Waals surface area contributed by atoms with Gasteiger partial charge in [0.25, 0.3) is 0 Å². The molecule has 0 saturated carbocycles. The molecule has 0 saturated heterocycles. The molecule has 0 fully saturated rings. The number of rotatable bonds is 5. The molecule has 32 heavy (non-hydrogen) atoms. The van der Waals surface area contributed by atoms with E-state index in [4.69, 9.17) is 4.78 Å². The number of hydrogen-bond acceptors (Lipinski definition) is 5. The Labute approximate surface area is 188 Å². The van der Waals surface area contributed by atoms with E-state index in [9.17, 15) is 22.6 Å². The molecule has 0 amide bonds. The van der Waals surface area contributed by atoms with Crippen LogP contribution in [0, 0.1) is 30.0 Å². The summed E-state index contributed by atoms with van der Waals surface area (Å²) in [7, 11) is -2.91. The van der Waals surface area contributed by atoms with E-state index in [1.807, 2.05) is 6.92 Å². The fourth-order valence-electron chi connectivity index (χ4n) is 2.47. The van der Waals surface area contributed by atoms with Gasteiger partial charge in [-0.2, -0.15) is 18.4 Å². The first-order chi connectivity index (χ1) is 14.6. The van der Waals surface area contributed by atoms with Crippen LogP contribution in [-0.4, -0.2) is 19.9 Å². The van der Waals surface area contributed by atoms with Crippen LogP contribution >= 0.6 is 0 Å². The van der Waals surface area contributed by atoms with Gasteiger partial charge in [-0.05, 0) is 68.5 Å². The molecular weight excluding hydrogens is 437 g/mol. The van der Waals surface area contributed by atoms with Gasteiger partial charge in [0.05, 0.1) is 31.8 Å². The topological polar surface area (TPSA) is 90.5 Å². The van der Waals surface area contributed by atoms with E-state index < -0.39 is 27.0 Å². The van der Waals surface area contributed by atoms with Crippen LogP contribution in [0.25, 0.3) is 5.57 Å². The molecule has 0 spiro atoms. The minimum absolute atomic E-state index is 0.217. The maximum Gasteiger partial charge on any atom is 0.433 e. The molecule has 0 aliphatic heterocycles. The van der Waals surface area contributed by atoms with E-state index in [0.29, 0.717) is 28.1 Å². The van der Waals surface area contributed by atoms with Crippen molar-refractivity contribution < 1.29 is 17.4 Å².